The van der Waals surface area contributed by atoms with Crippen LogP contribution in [0.1, 0.15) is 20.7 Å². The first-order chi connectivity index (χ1) is 6.93. The summed E-state index contributed by atoms with van der Waals surface area (Å²) in [6.07, 6.45) is 0. The van der Waals surface area contributed by atoms with E-state index in [0.29, 0.717) is 5.56 Å². The van der Waals surface area contributed by atoms with Crippen LogP contribution in [0.3, 0.4) is 0 Å². The molecule has 0 saturated heterocycles. The highest BCUT2D eigenvalue weighted by molar-refractivity contribution is 6.02. The van der Waals surface area contributed by atoms with E-state index in [2.05, 4.69) is 0 Å². The van der Waals surface area contributed by atoms with Crippen molar-refractivity contribution in [1.82, 2.24) is 4.90 Å². The number of primary amides is 1. The Labute approximate surface area is 87.7 Å². The normalized spacial score (nSPS) is 9.73. The maximum atomic E-state index is 11.6. The van der Waals surface area contributed by atoms with E-state index in [9.17, 15) is 9.59 Å². The van der Waals surface area contributed by atoms with E-state index in [1.54, 1.807) is 20.2 Å². The minimum absolute atomic E-state index is 0.169. The molecule has 0 spiro atoms. The number of carbonyl (C=O) groups excluding carboxylic acids is 2. The Morgan fingerprint density at radius 3 is 2.33 bits per heavy atom. The second kappa shape index (κ2) is 4.00. The van der Waals surface area contributed by atoms with Crippen molar-refractivity contribution in [3.8, 4) is 0 Å². The topological polar surface area (TPSA) is 89.4 Å². The van der Waals surface area contributed by atoms with Gasteiger partial charge in [-0.15, -0.1) is 0 Å². The van der Waals surface area contributed by atoms with Crippen molar-refractivity contribution in [3.05, 3.63) is 29.3 Å². The van der Waals surface area contributed by atoms with Gasteiger partial charge in [0.2, 0.25) is 0 Å². The summed E-state index contributed by atoms with van der Waals surface area (Å²) < 4.78 is 0. The van der Waals surface area contributed by atoms with Gasteiger partial charge in [0, 0.05) is 25.3 Å². The Morgan fingerprint density at radius 2 is 1.87 bits per heavy atom. The zero-order valence-electron chi connectivity index (χ0n) is 8.65. The number of nitrogens with zero attached hydrogens (tertiary/aromatic N) is 1. The van der Waals surface area contributed by atoms with E-state index in [-0.39, 0.29) is 17.2 Å². The van der Waals surface area contributed by atoms with Crippen LogP contribution in [0, 0.1) is 0 Å². The summed E-state index contributed by atoms with van der Waals surface area (Å²) in [5.41, 5.74) is 11.5. The Morgan fingerprint density at radius 1 is 1.27 bits per heavy atom. The minimum atomic E-state index is -0.638. The van der Waals surface area contributed by atoms with Gasteiger partial charge in [0.05, 0.1) is 5.56 Å². The van der Waals surface area contributed by atoms with Gasteiger partial charge in [0.1, 0.15) is 0 Å². The van der Waals surface area contributed by atoms with Crippen molar-refractivity contribution < 1.29 is 9.59 Å². The first kappa shape index (κ1) is 11.0. The van der Waals surface area contributed by atoms with E-state index >= 15 is 0 Å². The fourth-order valence-electron chi connectivity index (χ4n) is 1.16. The van der Waals surface area contributed by atoms with Crippen LogP contribution in [0.2, 0.25) is 0 Å². The summed E-state index contributed by atoms with van der Waals surface area (Å²) in [5.74, 6) is -0.835. The van der Waals surface area contributed by atoms with Crippen molar-refractivity contribution in [1.29, 1.82) is 0 Å². The molecule has 0 bridgehead atoms. The summed E-state index contributed by atoms with van der Waals surface area (Å²) >= 11 is 0. The molecule has 0 saturated carbocycles. The first-order valence-electron chi connectivity index (χ1n) is 4.34. The second-order valence-electron chi connectivity index (χ2n) is 3.37. The average Bonchev–Trinajstić information content (AvgIpc) is 2.16. The number of rotatable bonds is 2. The fraction of sp³-hybridized carbons (Fsp3) is 0.200. The maximum Gasteiger partial charge on any atom is 0.253 e. The minimum Gasteiger partial charge on any atom is -0.398 e. The van der Waals surface area contributed by atoms with E-state index in [1.165, 1.54) is 17.0 Å². The van der Waals surface area contributed by atoms with E-state index in [4.69, 9.17) is 11.5 Å². The van der Waals surface area contributed by atoms with Crippen LogP contribution in [0.4, 0.5) is 5.69 Å². The lowest BCUT2D eigenvalue weighted by molar-refractivity contribution is 0.0827. The molecule has 5 nitrogen and oxygen atoms in total. The summed E-state index contributed by atoms with van der Waals surface area (Å²) in [7, 11) is 3.26. The molecule has 0 aromatic heterocycles. The Bertz CT molecular complexity index is 413. The van der Waals surface area contributed by atoms with Crippen molar-refractivity contribution in [2.45, 2.75) is 0 Å². The fourth-order valence-corrected chi connectivity index (χ4v) is 1.16. The molecule has 0 unspecified atom stereocenters. The number of carbonyl (C=O) groups is 2. The monoisotopic (exact) mass is 207 g/mol. The average molecular weight is 207 g/mol. The Kier molecular flexibility index (Phi) is 2.94. The molecule has 0 fully saturated rings. The Hall–Kier alpha value is -2.04. The number of benzene rings is 1. The van der Waals surface area contributed by atoms with E-state index in [1.807, 2.05) is 0 Å². The number of nitrogen functional groups attached to an aromatic ring is 1. The number of amides is 2. The van der Waals surface area contributed by atoms with E-state index < -0.39 is 5.91 Å². The highest BCUT2D eigenvalue weighted by Crippen LogP contribution is 2.14. The van der Waals surface area contributed by atoms with E-state index in [0.717, 1.165) is 0 Å². The van der Waals surface area contributed by atoms with Gasteiger partial charge < -0.3 is 16.4 Å². The quantitative estimate of drug-likeness (QED) is 0.672. The predicted molar refractivity (Wildman–Crippen MR) is 57.4 cm³/mol. The summed E-state index contributed by atoms with van der Waals surface area (Å²) in [4.78, 5) is 24.0. The van der Waals surface area contributed by atoms with Gasteiger partial charge in [-0.3, -0.25) is 9.59 Å². The third kappa shape index (κ3) is 2.25. The molecule has 1 aromatic carbocycles. The summed E-state index contributed by atoms with van der Waals surface area (Å²) in [6, 6.07) is 4.46. The van der Waals surface area contributed by atoms with Crippen molar-refractivity contribution in [2.24, 2.45) is 5.73 Å². The predicted octanol–water partition coefficient (Wildman–Crippen LogP) is 0.0695. The summed E-state index contributed by atoms with van der Waals surface area (Å²) in [5, 5.41) is 0. The van der Waals surface area contributed by atoms with Gasteiger partial charge in [0.15, 0.2) is 0 Å². The zero-order chi connectivity index (χ0) is 11.6. The van der Waals surface area contributed by atoms with Crippen LogP contribution < -0.4 is 11.5 Å². The number of anilines is 1. The third-order valence-electron chi connectivity index (χ3n) is 1.97. The van der Waals surface area contributed by atoms with Crippen LogP contribution in [0.25, 0.3) is 0 Å². The number of nitrogens with two attached hydrogens (primary N) is 2. The Balaban J connectivity index is 3.19. The molecule has 2 amide bonds. The number of hydrogen-bond donors (Lipinski definition) is 2. The van der Waals surface area contributed by atoms with Gasteiger partial charge >= 0.3 is 0 Å². The lowest BCUT2D eigenvalue weighted by atomic mass is 10.1. The lowest BCUT2D eigenvalue weighted by Gasteiger charge is -2.11. The lowest BCUT2D eigenvalue weighted by Crippen LogP contribution is -2.22. The molecule has 80 valence electrons. The molecule has 1 rings (SSSR count). The van der Waals surface area contributed by atoms with Crippen LogP contribution in [0.5, 0.6) is 0 Å². The zero-order valence-corrected chi connectivity index (χ0v) is 8.65. The number of hydrogen-bond acceptors (Lipinski definition) is 3. The molecule has 0 aliphatic carbocycles. The highest BCUT2D eigenvalue weighted by atomic mass is 16.2. The largest absolute Gasteiger partial charge is 0.398 e. The van der Waals surface area contributed by atoms with Crippen molar-refractivity contribution in [2.75, 3.05) is 19.8 Å². The molecule has 0 atom stereocenters. The van der Waals surface area contributed by atoms with Gasteiger partial charge in [-0.25, -0.2) is 0 Å². The van der Waals surface area contributed by atoms with Crippen LogP contribution in [-0.2, 0) is 0 Å². The van der Waals surface area contributed by atoms with Gasteiger partial charge in [-0.2, -0.15) is 0 Å². The van der Waals surface area contributed by atoms with Crippen molar-refractivity contribution >= 4 is 17.5 Å². The molecule has 0 heterocycles. The highest BCUT2D eigenvalue weighted by Gasteiger charge is 2.12. The molecule has 0 radical (unpaired) electrons. The maximum absolute atomic E-state index is 11.6. The second-order valence-corrected chi connectivity index (χ2v) is 3.37. The van der Waals surface area contributed by atoms with Gasteiger partial charge in [-0.1, -0.05) is 0 Å². The third-order valence-corrected chi connectivity index (χ3v) is 1.97. The molecule has 15 heavy (non-hydrogen) atoms. The molecule has 4 N–H and O–H groups in total. The molecular weight excluding hydrogens is 194 g/mol. The molecule has 5 heteroatoms. The molecule has 1 aromatic rings. The smallest absolute Gasteiger partial charge is 0.253 e. The molecular formula is C10H13N3O2. The molecule has 0 aliphatic heterocycles. The SMILES string of the molecule is CN(C)C(=O)c1ccc(N)c(C(N)=O)c1. The van der Waals surface area contributed by atoms with Crippen LogP contribution in [0.15, 0.2) is 18.2 Å². The van der Waals surface area contributed by atoms with Gasteiger partial charge in [-0.05, 0) is 18.2 Å². The first-order valence-corrected chi connectivity index (χ1v) is 4.34. The van der Waals surface area contributed by atoms with Crippen LogP contribution in [-0.4, -0.2) is 30.8 Å². The van der Waals surface area contributed by atoms with Gasteiger partial charge in [0.25, 0.3) is 11.8 Å². The summed E-state index contributed by atoms with van der Waals surface area (Å²) in [6.45, 7) is 0. The van der Waals surface area contributed by atoms with Crippen LogP contribution >= 0.6 is 0 Å². The van der Waals surface area contributed by atoms with Crippen molar-refractivity contribution in [3.63, 3.8) is 0 Å². The standard InChI is InChI=1S/C10H13N3O2/c1-13(2)10(15)6-3-4-8(11)7(5-6)9(12)14/h3-5H,11H2,1-2H3,(H2,12,14). The molecule has 0 aliphatic rings.